The van der Waals surface area contributed by atoms with Crippen LogP contribution in [-0.2, 0) is 0 Å². The van der Waals surface area contributed by atoms with Gasteiger partial charge in [-0.2, -0.15) is 0 Å². The minimum Gasteiger partial charge on any atom is -0.486 e. The Morgan fingerprint density at radius 3 is 2.75 bits per heavy atom. The van der Waals surface area contributed by atoms with E-state index in [0.29, 0.717) is 40.0 Å². The lowest BCUT2D eigenvalue weighted by Crippen LogP contribution is -2.15. The number of anilines is 1. The van der Waals surface area contributed by atoms with Crippen LogP contribution in [0.15, 0.2) is 46.3 Å². The first kappa shape index (κ1) is 18.4. The van der Waals surface area contributed by atoms with E-state index in [1.54, 1.807) is 0 Å². The van der Waals surface area contributed by atoms with Crippen molar-refractivity contribution in [1.29, 1.82) is 0 Å². The summed E-state index contributed by atoms with van der Waals surface area (Å²) in [6.07, 6.45) is 0. The average Bonchev–Trinajstić information content (AvgIpc) is 3.16. The summed E-state index contributed by atoms with van der Waals surface area (Å²) in [5, 5.41) is 15.9. The maximum absolute atomic E-state index is 12.4. The van der Waals surface area contributed by atoms with Crippen molar-refractivity contribution in [3.63, 3.8) is 0 Å². The molecule has 10 heteroatoms. The van der Waals surface area contributed by atoms with E-state index in [2.05, 4.69) is 26.2 Å². The van der Waals surface area contributed by atoms with Gasteiger partial charge in [-0.25, -0.2) is 4.98 Å². The number of ether oxygens (including phenoxy) is 2. The van der Waals surface area contributed by atoms with Gasteiger partial charge in [0.1, 0.15) is 13.2 Å². The number of rotatable bonds is 4. The van der Waals surface area contributed by atoms with Crippen molar-refractivity contribution in [3.8, 4) is 22.8 Å². The third-order valence-electron chi connectivity index (χ3n) is 3.97. The summed E-state index contributed by atoms with van der Waals surface area (Å²) >= 11 is 4.36. The van der Waals surface area contributed by atoms with Gasteiger partial charge in [0.25, 0.3) is 11.6 Å². The number of fused-ring (bicyclic) bond motifs is 1. The van der Waals surface area contributed by atoms with Crippen LogP contribution in [0.3, 0.4) is 0 Å². The molecule has 1 aliphatic rings. The summed E-state index contributed by atoms with van der Waals surface area (Å²) in [5.41, 5.74) is 1.51. The van der Waals surface area contributed by atoms with Crippen LogP contribution in [0.2, 0.25) is 0 Å². The van der Waals surface area contributed by atoms with E-state index in [4.69, 9.17) is 9.47 Å². The van der Waals surface area contributed by atoms with Crippen LogP contribution in [0.4, 0.5) is 10.8 Å². The standard InChI is InChI=1S/C18H12BrN3O5S/c19-12-3-1-11(7-14(12)22(24)25)17(23)21-18-20-13(9-28-18)10-2-4-15-16(8-10)27-6-5-26-15/h1-4,7-9H,5-6H2,(H,20,21,23). The first-order valence-corrected chi connectivity index (χ1v) is 9.79. The topological polar surface area (TPSA) is 104 Å². The predicted molar refractivity (Wildman–Crippen MR) is 107 cm³/mol. The van der Waals surface area contributed by atoms with E-state index < -0.39 is 10.8 Å². The molecule has 1 aliphatic heterocycles. The highest BCUT2D eigenvalue weighted by Crippen LogP contribution is 2.35. The average molecular weight is 462 g/mol. The van der Waals surface area contributed by atoms with Crippen LogP contribution < -0.4 is 14.8 Å². The number of nitrogens with zero attached hydrogens (tertiary/aromatic N) is 2. The zero-order valence-corrected chi connectivity index (χ0v) is 16.6. The van der Waals surface area contributed by atoms with E-state index in [0.717, 1.165) is 5.56 Å². The summed E-state index contributed by atoms with van der Waals surface area (Å²) in [5.74, 6) is 0.874. The Morgan fingerprint density at radius 1 is 1.18 bits per heavy atom. The number of halogens is 1. The highest BCUT2D eigenvalue weighted by atomic mass is 79.9. The Kier molecular flexibility index (Phi) is 4.97. The van der Waals surface area contributed by atoms with Gasteiger partial charge in [-0.15, -0.1) is 11.3 Å². The molecule has 1 N–H and O–H groups in total. The zero-order valence-electron chi connectivity index (χ0n) is 14.2. The van der Waals surface area contributed by atoms with Gasteiger partial charge in [0.15, 0.2) is 16.6 Å². The second kappa shape index (κ2) is 7.56. The molecule has 3 aromatic rings. The van der Waals surface area contributed by atoms with E-state index in [1.165, 1.54) is 29.5 Å². The van der Waals surface area contributed by atoms with Gasteiger partial charge in [-0.05, 0) is 46.3 Å². The molecule has 0 fully saturated rings. The van der Waals surface area contributed by atoms with Crippen LogP contribution in [-0.4, -0.2) is 29.0 Å². The summed E-state index contributed by atoms with van der Waals surface area (Å²) < 4.78 is 11.4. The van der Waals surface area contributed by atoms with Crippen LogP contribution in [0.5, 0.6) is 11.5 Å². The molecule has 0 saturated carbocycles. The summed E-state index contributed by atoms with van der Waals surface area (Å²) in [6.45, 7) is 1.02. The molecule has 0 unspecified atom stereocenters. The second-order valence-corrected chi connectivity index (χ2v) is 7.49. The maximum Gasteiger partial charge on any atom is 0.284 e. The van der Waals surface area contributed by atoms with Gasteiger partial charge in [-0.1, -0.05) is 0 Å². The fraction of sp³-hybridized carbons (Fsp3) is 0.111. The lowest BCUT2D eigenvalue weighted by molar-refractivity contribution is -0.385. The molecular formula is C18H12BrN3O5S. The number of nitro benzene ring substituents is 1. The number of thiazole rings is 1. The number of aromatic nitrogens is 1. The lowest BCUT2D eigenvalue weighted by atomic mass is 10.1. The summed E-state index contributed by atoms with van der Waals surface area (Å²) in [4.78, 5) is 27.3. The van der Waals surface area contributed by atoms with Crippen molar-refractivity contribution in [2.45, 2.75) is 0 Å². The molecule has 0 bridgehead atoms. The number of carbonyl (C=O) groups excluding carboxylic acids is 1. The van der Waals surface area contributed by atoms with Gasteiger partial charge in [0, 0.05) is 22.6 Å². The number of hydrogen-bond acceptors (Lipinski definition) is 7. The number of nitrogens with one attached hydrogen (secondary N) is 1. The molecule has 8 nitrogen and oxygen atoms in total. The first-order chi connectivity index (χ1) is 13.5. The van der Waals surface area contributed by atoms with Crippen LogP contribution in [0.1, 0.15) is 10.4 Å². The first-order valence-electron chi connectivity index (χ1n) is 8.12. The third kappa shape index (κ3) is 3.69. The van der Waals surface area contributed by atoms with Gasteiger partial charge in [0.05, 0.1) is 15.1 Å². The quantitative estimate of drug-likeness (QED) is 0.452. The molecule has 1 amide bonds. The largest absolute Gasteiger partial charge is 0.486 e. The number of hydrogen-bond donors (Lipinski definition) is 1. The Labute approximate surface area is 171 Å². The smallest absolute Gasteiger partial charge is 0.284 e. The molecule has 0 spiro atoms. The Bertz CT molecular complexity index is 1080. The molecule has 0 atom stereocenters. The second-order valence-electron chi connectivity index (χ2n) is 5.77. The van der Waals surface area contributed by atoms with E-state index >= 15 is 0 Å². The lowest BCUT2D eigenvalue weighted by Gasteiger charge is -2.18. The molecule has 2 aromatic carbocycles. The summed E-state index contributed by atoms with van der Waals surface area (Å²) in [7, 11) is 0. The number of nitro groups is 1. The molecular weight excluding hydrogens is 450 g/mol. The molecule has 0 saturated heterocycles. The summed E-state index contributed by atoms with van der Waals surface area (Å²) in [6, 6.07) is 9.72. The van der Waals surface area contributed by atoms with Crippen molar-refractivity contribution in [1.82, 2.24) is 4.98 Å². The normalized spacial score (nSPS) is 12.5. The highest BCUT2D eigenvalue weighted by Gasteiger charge is 2.18. The molecule has 0 radical (unpaired) electrons. The van der Waals surface area contributed by atoms with E-state index in [1.807, 2.05) is 23.6 Å². The minimum atomic E-state index is -0.551. The van der Waals surface area contributed by atoms with Gasteiger partial charge in [0.2, 0.25) is 0 Å². The molecule has 142 valence electrons. The van der Waals surface area contributed by atoms with Gasteiger partial charge in [-0.3, -0.25) is 20.2 Å². The molecule has 0 aliphatic carbocycles. The third-order valence-corrected chi connectivity index (χ3v) is 5.40. The van der Waals surface area contributed by atoms with Crippen molar-refractivity contribution in [2.75, 3.05) is 18.5 Å². The van der Waals surface area contributed by atoms with E-state index in [-0.39, 0.29) is 11.3 Å². The fourth-order valence-electron chi connectivity index (χ4n) is 2.63. The number of benzene rings is 2. The van der Waals surface area contributed by atoms with Gasteiger partial charge >= 0.3 is 0 Å². The Hall–Kier alpha value is -2.98. The maximum atomic E-state index is 12.4. The monoisotopic (exact) mass is 461 g/mol. The van der Waals surface area contributed by atoms with Crippen molar-refractivity contribution in [3.05, 3.63) is 61.9 Å². The van der Waals surface area contributed by atoms with Crippen molar-refractivity contribution < 1.29 is 19.2 Å². The van der Waals surface area contributed by atoms with Crippen molar-refractivity contribution in [2.24, 2.45) is 0 Å². The SMILES string of the molecule is O=C(Nc1nc(-c2ccc3c(c2)OCCO3)cs1)c1ccc(Br)c([N+](=O)[O-])c1. The Morgan fingerprint density at radius 2 is 1.96 bits per heavy atom. The van der Waals surface area contributed by atoms with Crippen LogP contribution in [0.25, 0.3) is 11.3 Å². The highest BCUT2D eigenvalue weighted by molar-refractivity contribution is 9.10. The predicted octanol–water partition coefficient (Wildman–Crippen LogP) is 4.50. The van der Waals surface area contributed by atoms with Crippen LogP contribution in [0, 0.1) is 10.1 Å². The van der Waals surface area contributed by atoms with Gasteiger partial charge < -0.3 is 9.47 Å². The molecule has 4 rings (SSSR count). The fourth-order valence-corrected chi connectivity index (χ4v) is 3.74. The molecule has 1 aromatic heterocycles. The number of amides is 1. The zero-order chi connectivity index (χ0) is 19.7. The van der Waals surface area contributed by atoms with Crippen molar-refractivity contribution >= 4 is 44.0 Å². The number of carbonyl (C=O) groups is 1. The van der Waals surface area contributed by atoms with Crippen LogP contribution >= 0.6 is 27.3 Å². The van der Waals surface area contributed by atoms with E-state index in [9.17, 15) is 14.9 Å². The minimum absolute atomic E-state index is 0.172. The molecule has 2 heterocycles. The Balaban J connectivity index is 1.53. The molecule has 28 heavy (non-hydrogen) atoms.